The molecule has 1 aliphatic rings. The predicted molar refractivity (Wildman–Crippen MR) is 91.3 cm³/mol. The Morgan fingerprint density at radius 3 is 2.12 bits per heavy atom. The van der Waals surface area contributed by atoms with E-state index < -0.39 is 15.1 Å². The van der Waals surface area contributed by atoms with Crippen LogP contribution < -0.4 is 0 Å². The summed E-state index contributed by atoms with van der Waals surface area (Å²) in [6.07, 6.45) is 6.02. The van der Waals surface area contributed by atoms with Crippen LogP contribution >= 0.6 is 10.2 Å². The highest BCUT2D eigenvalue weighted by atomic mass is 32.5. The maximum atomic E-state index is 12.7. The van der Waals surface area contributed by atoms with Crippen molar-refractivity contribution >= 4 is 10.2 Å². The van der Waals surface area contributed by atoms with Gasteiger partial charge < -0.3 is 4.74 Å². The maximum absolute atomic E-state index is 12.7. The Morgan fingerprint density at radius 1 is 1.00 bits per heavy atom. The second-order valence-electron chi connectivity index (χ2n) is 6.46. The van der Waals surface area contributed by atoms with Gasteiger partial charge in [0, 0.05) is 18.1 Å². The van der Waals surface area contributed by atoms with Gasteiger partial charge in [-0.15, -0.1) is 0 Å². The summed E-state index contributed by atoms with van der Waals surface area (Å²) in [6.45, 7) is 2.88. The minimum absolute atomic E-state index is 0.168. The molecule has 25 heavy (non-hydrogen) atoms. The molecule has 7 heteroatoms. The third kappa shape index (κ3) is 6.52. The second kappa shape index (κ2) is 6.81. The van der Waals surface area contributed by atoms with Crippen LogP contribution in [-0.4, -0.2) is 12.7 Å². The topological polar surface area (TPSA) is 9.23 Å². The van der Waals surface area contributed by atoms with Crippen LogP contribution in [0.3, 0.4) is 0 Å². The fraction of sp³-hybridized carbons (Fsp3) is 0.556. The highest BCUT2D eigenvalue weighted by Crippen LogP contribution is 3.02. The second-order valence-corrected chi connectivity index (χ2v) is 8.87. The Kier molecular flexibility index (Phi) is 5.46. The van der Waals surface area contributed by atoms with E-state index in [0.29, 0.717) is 17.7 Å². The largest absolute Gasteiger partial charge is 0.378 e. The third-order valence-corrected chi connectivity index (χ3v) is 5.41. The maximum Gasteiger partial charge on any atom is 0.310 e. The normalized spacial score (nSPS) is 23.9. The molecule has 0 saturated heterocycles. The predicted octanol–water partition coefficient (Wildman–Crippen LogP) is 7.07. The lowest BCUT2D eigenvalue weighted by Gasteiger charge is -2.40. The Balaban J connectivity index is 1.91. The van der Waals surface area contributed by atoms with Crippen LogP contribution in [0.2, 0.25) is 0 Å². The third-order valence-electron chi connectivity index (χ3n) is 4.25. The van der Waals surface area contributed by atoms with Crippen LogP contribution in [0, 0.1) is 17.8 Å². The van der Waals surface area contributed by atoms with Gasteiger partial charge >= 0.3 is 10.2 Å². The quantitative estimate of drug-likeness (QED) is 0.301. The fourth-order valence-electron chi connectivity index (χ4n) is 2.75. The van der Waals surface area contributed by atoms with Gasteiger partial charge in [0.15, 0.2) is 0 Å². The molecule has 1 fully saturated rings. The van der Waals surface area contributed by atoms with Crippen molar-refractivity contribution in [1.29, 1.82) is 0 Å². The van der Waals surface area contributed by atoms with Gasteiger partial charge in [-0.25, -0.2) is 0 Å². The van der Waals surface area contributed by atoms with E-state index in [4.69, 9.17) is 4.74 Å². The van der Waals surface area contributed by atoms with Crippen LogP contribution in [0.4, 0.5) is 19.4 Å². The SMILES string of the molecule is CCCCOC1CCC(C#Cc2ccc(S(F)(F)(F)(F)F)cc2)CC1. The standard InChI is InChI=1S/C18H23F5OS/c1-2-3-14-24-17-10-6-15(7-11-17)4-5-16-8-12-18(13-9-16)25(19,20,21,22)23/h8-9,12-13,15,17H,2-3,6-7,10-11,14H2,1H3. The Labute approximate surface area is 145 Å². The molecule has 1 aromatic carbocycles. The van der Waals surface area contributed by atoms with Gasteiger partial charge in [0.05, 0.1) is 6.10 Å². The molecule has 1 aromatic rings. The zero-order valence-corrected chi connectivity index (χ0v) is 14.9. The molecule has 1 saturated carbocycles. The fourth-order valence-corrected chi connectivity index (χ4v) is 3.40. The molecule has 142 valence electrons. The lowest BCUT2D eigenvalue weighted by molar-refractivity contribution is 0.0216. The number of halogens is 5. The van der Waals surface area contributed by atoms with Crippen LogP contribution in [0.25, 0.3) is 0 Å². The van der Waals surface area contributed by atoms with E-state index in [1.54, 1.807) is 0 Å². The van der Waals surface area contributed by atoms with Crippen LogP contribution in [0.15, 0.2) is 29.2 Å². The molecule has 0 aliphatic heterocycles. The molecule has 0 spiro atoms. The molecule has 0 bridgehead atoms. The monoisotopic (exact) mass is 382 g/mol. The van der Waals surface area contributed by atoms with Crippen LogP contribution in [-0.2, 0) is 4.74 Å². The van der Waals surface area contributed by atoms with Crippen molar-refractivity contribution in [2.24, 2.45) is 5.92 Å². The Bertz CT molecular complexity index is 634. The molecule has 0 radical (unpaired) electrons. The van der Waals surface area contributed by atoms with Crippen molar-refractivity contribution in [3.63, 3.8) is 0 Å². The van der Waals surface area contributed by atoms with Crippen molar-refractivity contribution in [3.05, 3.63) is 29.8 Å². The van der Waals surface area contributed by atoms with E-state index in [0.717, 1.165) is 57.3 Å². The molecule has 1 nitrogen and oxygen atoms in total. The first kappa shape index (κ1) is 20.1. The molecule has 0 N–H and O–H groups in total. The number of benzene rings is 1. The van der Waals surface area contributed by atoms with E-state index in [2.05, 4.69) is 18.8 Å². The van der Waals surface area contributed by atoms with E-state index in [9.17, 15) is 19.4 Å². The number of hydrogen-bond donors (Lipinski definition) is 0. The van der Waals surface area contributed by atoms with E-state index >= 15 is 0 Å². The van der Waals surface area contributed by atoms with Crippen molar-refractivity contribution in [1.82, 2.24) is 0 Å². The van der Waals surface area contributed by atoms with Crippen molar-refractivity contribution in [3.8, 4) is 11.8 Å². The van der Waals surface area contributed by atoms with Gasteiger partial charge in [0.2, 0.25) is 0 Å². The number of unbranched alkanes of at least 4 members (excludes halogenated alkanes) is 1. The Hall–Kier alpha value is -1.26. The van der Waals surface area contributed by atoms with Crippen molar-refractivity contribution in [2.45, 2.75) is 56.4 Å². The summed E-state index contributed by atoms with van der Waals surface area (Å²) in [5.41, 5.74) is 0.312. The zero-order chi connectivity index (χ0) is 18.6. The first-order valence-electron chi connectivity index (χ1n) is 8.45. The summed E-state index contributed by atoms with van der Waals surface area (Å²) in [7, 11) is -9.60. The Morgan fingerprint density at radius 2 is 1.60 bits per heavy atom. The molecular formula is C18H23F5OS. The average Bonchev–Trinajstić information content (AvgIpc) is 2.53. The van der Waals surface area contributed by atoms with Gasteiger partial charge in [-0.1, -0.05) is 44.6 Å². The smallest absolute Gasteiger partial charge is 0.310 e. The van der Waals surface area contributed by atoms with Gasteiger partial charge in [0.25, 0.3) is 0 Å². The van der Waals surface area contributed by atoms with E-state index in [1.807, 2.05) is 0 Å². The molecule has 0 heterocycles. The van der Waals surface area contributed by atoms with Crippen LogP contribution in [0.1, 0.15) is 51.0 Å². The van der Waals surface area contributed by atoms with E-state index in [1.165, 1.54) is 0 Å². The van der Waals surface area contributed by atoms with Gasteiger partial charge in [-0.2, -0.15) is 0 Å². The van der Waals surface area contributed by atoms with Crippen molar-refractivity contribution in [2.75, 3.05) is 6.61 Å². The number of rotatable bonds is 5. The molecular weight excluding hydrogens is 359 g/mol. The van der Waals surface area contributed by atoms with Crippen molar-refractivity contribution < 1.29 is 24.2 Å². The van der Waals surface area contributed by atoms with Crippen LogP contribution in [0.5, 0.6) is 0 Å². The van der Waals surface area contributed by atoms with Gasteiger partial charge in [-0.3, -0.25) is 0 Å². The molecule has 0 aromatic heterocycles. The summed E-state index contributed by atoms with van der Waals surface area (Å²) in [4.78, 5) is -1.88. The molecule has 0 amide bonds. The summed E-state index contributed by atoms with van der Waals surface area (Å²) in [5.74, 6) is 6.00. The average molecular weight is 382 g/mol. The summed E-state index contributed by atoms with van der Waals surface area (Å²) in [6, 6.07) is 2.81. The zero-order valence-electron chi connectivity index (χ0n) is 14.1. The van der Waals surface area contributed by atoms with Gasteiger partial charge in [0.1, 0.15) is 4.90 Å². The highest BCUT2D eigenvalue weighted by molar-refractivity contribution is 8.45. The molecule has 1 aliphatic carbocycles. The summed E-state index contributed by atoms with van der Waals surface area (Å²) >= 11 is 0. The number of ether oxygens (including phenoxy) is 1. The van der Waals surface area contributed by atoms with E-state index in [-0.39, 0.29) is 12.0 Å². The molecule has 2 rings (SSSR count). The first-order chi connectivity index (χ1) is 11.5. The lowest BCUT2D eigenvalue weighted by Crippen LogP contribution is -2.21. The molecule has 0 unspecified atom stereocenters. The van der Waals surface area contributed by atoms with Gasteiger partial charge in [-0.05, 0) is 56.4 Å². The first-order valence-corrected chi connectivity index (χ1v) is 10.4. The number of hydrogen-bond acceptors (Lipinski definition) is 1. The highest BCUT2D eigenvalue weighted by Gasteiger charge is 2.65. The summed E-state index contributed by atoms with van der Waals surface area (Å²) in [5, 5.41) is 0. The minimum Gasteiger partial charge on any atom is -0.378 e. The molecule has 0 atom stereocenters. The summed E-state index contributed by atoms with van der Waals surface area (Å²) < 4.78 is 69.1. The minimum atomic E-state index is -9.60. The lowest BCUT2D eigenvalue weighted by atomic mass is 9.87.